The lowest BCUT2D eigenvalue weighted by Crippen LogP contribution is -2.47. The number of pyridine rings is 1. The number of alkyl halides is 2. The summed E-state index contributed by atoms with van der Waals surface area (Å²) in [4.78, 5) is 21.8. The summed E-state index contributed by atoms with van der Waals surface area (Å²) in [6.07, 6.45) is 7.13. The van der Waals surface area contributed by atoms with E-state index in [1.807, 2.05) is 13.2 Å². The number of fused-ring (bicyclic) bond motifs is 1. The SMILES string of the molecule is CSN1CCC(O)(Nc2ncc3cc(OC(F)F)c(=O)n(C4CCCC4C)c3n2)CC1. The maximum absolute atomic E-state index is 13.1. The second-order valence-electron chi connectivity index (χ2n) is 8.28. The van der Waals surface area contributed by atoms with E-state index in [0.717, 1.165) is 32.4 Å². The largest absolute Gasteiger partial charge is 0.429 e. The summed E-state index contributed by atoms with van der Waals surface area (Å²) >= 11 is 1.64. The molecule has 0 aromatic carbocycles. The van der Waals surface area contributed by atoms with Crippen LogP contribution in [0.5, 0.6) is 5.75 Å². The van der Waals surface area contributed by atoms with Crippen LogP contribution in [0.15, 0.2) is 17.1 Å². The topological polar surface area (TPSA) is 92.5 Å². The average molecular weight is 456 g/mol. The van der Waals surface area contributed by atoms with Crippen molar-refractivity contribution in [3.63, 3.8) is 0 Å². The van der Waals surface area contributed by atoms with Crippen molar-refractivity contribution in [2.45, 2.75) is 57.4 Å². The Labute approximate surface area is 183 Å². The standard InChI is InChI=1S/C20H27F2N5O3S/c1-12-4-3-5-14(12)27-16-13(10-15(17(27)28)30-18(21)22)11-23-19(24-16)25-20(29)6-8-26(31-2)9-7-20/h10-12,14,18,29H,3-9H2,1-2H3,(H,23,24,25). The number of ether oxygens (including phenoxy) is 1. The van der Waals surface area contributed by atoms with Gasteiger partial charge in [-0.2, -0.15) is 13.8 Å². The number of hydrogen-bond acceptors (Lipinski definition) is 8. The second-order valence-corrected chi connectivity index (χ2v) is 9.16. The van der Waals surface area contributed by atoms with Crippen LogP contribution in [-0.2, 0) is 0 Å². The molecule has 0 amide bonds. The molecule has 2 fully saturated rings. The fourth-order valence-electron chi connectivity index (χ4n) is 4.52. The first kappa shape index (κ1) is 22.2. The van der Waals surface area contributed by atoms with Crippen molar-refractivity contribution in [3.05, 3.63) is 22.6 Å². The van der Waals surface area contributed by atoms with Gasteiger partial charge in [0.1, 0.15) is 11.4 Å². The zero-order chi connectivity index (χ0) is 22.2. The maximum Gasteiger partial charge on any atom is 0.387 e. The van der Waals surface area contributed by atoms with Gasteiger partial charge in [0.25, 0.3) is 5.56 Å². The van der Waals surface area contributed by atoms with Crippen LogP contribution in [0.2, 0.25) is 0 Å². The number of nitrogens with one attached hydrogen (secondary N) is 1. The molecule has 3 heterocycles. The lowest BCUT2D eigenvalue weighted by atomic mass is 10.0. The molecule has 31 heavy (non-hydrogen) atoms. The van der Waals surface area contributed by atoms with E-state index in [0.29, 0.717) is 23.9 Å². The molecule has 2 aromatic rings. The van der Waals surface area contributed by atoms with Crippen LogP contribution in [0.1, 0.15) is 45.1 Å². The zero-order valence-corrected chi connectivity index (χ0v) is 18.4. The van der Waals surface area contributed by atoms with E-state index in [-0.39, 0.29) is 17.9 Å². The van der Waals surface area contributed by atoms with Crippen LogP contribution < -0.4 is 15.6 Å². The minimum Gasteiger partial charge on any atom is -0.429 e. The number of anilines is 1. The Hall–Kier alpha value is -1.98. The van der Waals surface area contributed by atoms with Gasteiger partial charge < -0.3 is 15.2 Å². The highest BCUT2D eigenvalue weighted by Gasteiger charge is 2.34. The van der Waals surface area contributed by atoms with E-state index in [4.69, 9.17) is 0 Å². The van der Waals surface area contributed by atoms with E-state index in [2.05, 4.69) is 24.3 Å². The summed E-state index contributed by atoms with van der Waals surface area (Å²) in [6, 6.07) is 1.10. The van der Waals surface area contributed by atoms with Crippen molar-refractivity contribution < 1.29 is 18.6 Å². The Morgan fingerprint density at radius 2 is 2.10 bits per heavy atom. The Bertz CT molecular complexity index is 997. The molecule has 4 rings (SSSR count). The number of rotatable bonds is 6. The van der Waals surface area contributed by atoms with Gasteiger partial charge in [-0.3, -0.25) is 13.7 Å². The first-order valence-corrected chi connectivity index (χ1v) is 11.6. The molecule has 0 bridgehead atoms. The third-order valence-corrected chi connectivity index (χ3v) is 7.14. The third kappa shape index (κ3) is 4.63. The van der Waals surface area contributed by atoms with E-state index in [1.165, 1.54) is 16.8 Å². The first-order valence-electron chi connectivity index (χ1n) is 10.5. The highest BCUT2D eigenvalue weighted by Crippen LogP contribution is 2.36. The molecule has 2 N–H and O–H groups in total. The molecule has 2 atom stereocenters. The van der Waals surface area contributed by atoms with Crippen molar-refractivity contribution in [3.8, 4) is 5.75 Å². The number of aliphatic hydroxyl groups is 1. The summed E-state index contributed by atoms with van der Waals surface area (Å²) in [5.74, 6) is -0.00275. The number of piperidine rings is 1. The molecule has 8 nitrogen and oxygen atoms in total. The second kappa shape index (κ2) is 8.87. The Kier molecular flexibility index (Phi) is 6.36. The third-order valence-electron chi connectivity index (χ3n) is 6.26. The summed E-state index contributed by atoms with van der Waals surface area (Å²) in [5, 5.41) is 14.4. The number of aromatic nitrogens is 3. The number of nitrogens with zero attached hydrogens (tertiary/aromatic N) is 4. The lowest BCUT2D eigenvalue weighted by Gasteiger charge is -2.37. The highest BCUT2D eigenvalue weighted by atomic mass is 32.2. The average Bonchev–Trinajstić information content (AvgIpc) is 3.14. The lowest BCUT2D eigenvalue weighted by molar-refractivity contribution is -0.0510. The van der Waals surface area contributed by atoms with Crippen molar-refractivity contribution in [2.24, 2.45) is 5.92 Å². The molecule has 2 aromatic heterocycles. The van der Waals surface area contributed by atoms with E-state index < -0.39 is 23.6 Å². The number of halogens is 2. The zero-order valence-electron chi connectivity index (χ0n) is 17.6. The van der Waals surface area contributed by atoms with Gasteiger partial charge in [-0.1, -0.05) is 25.3 Å². The summed E-state index contributed by atoms with van der Waals surface area (Å²) in [7, 11) is 0. The van der Waals surface area contributed by atoms with Crippen molar-refractivity contribution in [1.82, 2.24) is 18.8 Å². The van der Waals surface area contributed by atoms with Crippen LogP contribution in [0.25, 0.3) is 11.0 Å². The highest BCUT2D eigenvalue weighted by molar-refractivity contribution is 7.96. The first-order chi connectivity index (χ1) is 14.8. The molecular weight excluding hydrogens is 428 g/mol. The van der Waals surface area contributed by atoms with Gasteiger partial charge in [0.2, 0.25) is 5.95 Å². The maximum atomic E-state index is 13.1. The molecule has 0 spiro atoms. The van der Waals surface area contributed by atoms with Gasteiger partial charge in [0.05, 0.1) is 0 Å². The van der Waals surface area contributed by atoms with Crippen molar-refractivity contribution >= 4 is 28.9 Å². The molecule has 2 aliphatic rings. The molecule has 11 heteroatoms. The molecule has 2 unspecified atom stereocenters. The van der Waals surface area contributed by atoms with Crippen LogP contribution in [0.4, 0.5) is 14.7 Å². The minimum atomic E-state index is -3.09. The quantitative estimate of drug-likeness (QED) is 0.507. The Balaban J connectivity index is 1.73. The van der Waals surface area contributed by atoms with Gasteiger partial charge in [-0.15, -0.1) is 0 Å². The smallest absolute Gasteiger partial charge is 0.387 e. The van der Waals surface area contributed by atoms with Gasteiger partial charge in [-0.05, 0) is 31.1 Å². The molecule has 1 aliphatic carbocycles. The summed E-state index contributed by atoms with van der Waals surface area (Å²) < 4.78 is 33.9. The predicted molar refractivity (Wildman–Crippen MR) is 115 cm³/mol. The molecule has 0 radical (unpaired) electrons. The van der Waals surface area contributed by atoms with Crippen LogP contribution in [0.3, 0.4) is 0 Å². The van der Waals surface area contributed by atoms with E-state index in [1.54, 1.807) is 11.9 Å². The van der Waals surface area contributed by atoms with Gasteiger partial charge in [0, 0.05) is 43.6 Å². The van der Waals surface area contributed by atoms with Crippen molar-refractivity contribution in [2.75, 3.05) is 24.7 Å². The fraction of sp³-hybridized carbons (Fsp3) is 0.650. The van der Waals surface area contributed by atoms with Gasteiger partial charge >= 0.3 is 6.61 Å². The van der Waals surface area contributed by atoms with Gasteiger partial charge in [-0.25, -0.2) is 4.98 Å². The van der Waals surface area contributed by atoms with Crippen LogP contribution >= 0.6 is 11.9 Å². The minimum absolute atomic E-state index is 0.160. The van der Waals surface area contributed by atoms with Crippen LogP contribution in [-0.4, -0.2) is 55.6 Å². The van der Waals surface area contributed by atoms with E-state index >= 15 is 0 Å². The monoisotopic (exact) mass is 455 g/mol. The molecule has 1 aliphatic heterocycles. The normalized spacial score (nSPS) is 24.1. The Morgan fingerprint density at radius 1 is 1.35 bits per heavy atom. The molecular formula is C20H27F2N5O3S. The summed E-state index contributed by atoms with van der Waals surface area (Å²) in [5.41, 5.74) is -1.42. The fourth-order valence-corrected chi connectivity index (χ4v) is 5.07. The molecule has 170 valence electrons. The predicted octanol–water partition coefficient (Wildman–Crippen LogP) is 3.23. The molecule has 1 saturated carbocycles. The van der Waals surface area contributed by atoms with Gasteiger partial charge in [0.15, 0.2) is 5.75 Å². The summed E-state index contributed by atoms with van der Waals surface area (Å²) in [6.45, 7) is 0.385. The van der Waals surface area contributed by atoms with Crippen molar-refractivity contribution in [1.29, 1.82) is 0 Å². The molecule has 1 saturated heterocycles. The number of hydrogen-bond donors (Lipinski definition) is 2. The van der Waals surface area contributed by atoms with E-state index in [9.17, 15) is 18.7 Å². The Morgan fingerprint density at radius 3 is 2.71 bits per heavy atom. The van der Waals surface area contributed by atoms with Crippen LogP contribution in [0, 0.1) is 5.92 Å².